The maximum Gasteiger partial charge on any atom is 0.222 e. The molecule has 0 aliphatic carbocycles. The van der Waals surface area contributed by atoms with Crippen LogP contribution in [0.1, 0.15) is 19.3 Å². The second-order valence-corrected chi connectivity index (χ2v) is 2.79. The molecule has 3 nitrogen and oxygen atoms in total. The van der Waals surface area contributed by atoms with E-state index in [0.717, 1.165) is 12.8 Å². The molecule has 1 amide bonds. The number of carbonyl (C=O) groups is 1. The van der Waals surface area contributed by atoms with Crippen molar-refractivity contribution in [2.24, 2.45) is 5.73 Å². The molecule has 1 aliphatic heterocycles. The van der Waals surface area contributed by atoms with Gasteiger partial charge in [0.25, 0.3) is 0 Å². The van der Waals surface area contributed by atoms with E-state index in [1.165, 1.54) is 0 Å². The summed E-state index contributed by atoms with van der Waals surface area (Å²) < 4.78 is 0. The predicted molar refractivity (Wildman–Crippen MR) is 46.7 cm³/mol. The van der Waals surface area contributed by atoms with Crippen molar-refractivity contribution in [2.45, 2.75) is 25.3 Å². The standard InChI is InChI=1S/C7H14N2O.ClH/c1-9-6(5-8)3-2-4-7(9)10;/h6H,2-5,8H2,1H3;1H/t6-;/m0./s1. The maximum absolute atomic E-state index is 11.0. The molecule has 66 valence electrons. The minimum Gasteiger partial charge on any atom is -0.342 e. The van der Waals surface area contributed by atoms with E-state index in [1.54, 1.807) is 4.90 Å². The zero-order valence-electron chi connectivity index (χ0n) is 6.75. The van der Waals surface area contributed by atoms with Gasteiger partial charge in [0.15, 0.2) is 0 Å². The van der Waals surface area contributed by atoms with E-state index in [1.807, 2.05) is 7.05 Å². The predicted octanol–water partition coefficient (Wildman–Crippen LogP) is 0.378. The number of nitrogens with zero attached hydrogens (tertiary/aromatic N) is 1. The molecule has 0 bridgehead atoms. The SMILES string of the molecule is CN1C(=O)CCC[C@H]1CN.Cl. The van der Waals surface area contributed by atoms with Crippen LogP contribution in [0.3, 0.4) is 0 Å². The zero-order valence-corrected chi connectivity index (χ0v) is 7.56. The van der Waals surface area contributed by atoms with Gasteiger partial charge < -0.3 is 10.6 Å². The smallest absolute Gasteiger partial charge is 0.222 e. The van der Waals surface area contributed by atoms with Gasteiger partial charge >= 0.3 is 0 Å². The normalized spacial score (nSPS) is 24.7. The number of likely N-dealkylation sites (tertiary alicyclic amines) is 1. The van der Waals surface area contributed by atoms with Crippen LogP contribution in [0.15, 0.2) is 0 Å². The molecule has 0 radical (unpaired) electrons. The summed E-state index contributed by atoms with van der Waals surface area (Å²) in [4.78, 5) is 12.8. The Labute approximate surface area is 73.3 Å². The number of nitrogens with two attached hydrogens (primary N) is 1. The summed E-state index contributed by atoms with van der Waals surface area (Å²) in [5.74, 6) is 0.238. The zero-order chi connectivity index (χ0) is 7.56. The van der Waals surface area contributed by atoms with E-state index in [4.69, 9.17) is 5.73 Å². The highest BCUT2D eigenvalue weighted by Crippen LogP contribution is 2.14. The van der Waals surface area contributed by atoms with Crippen molar-refractivity contribution in [1.29, 1.82) is 0 Å². The van der Waals surface area contributed by atoms with Crippen LogP contribution < -0.4 is 5.73 Å². The van der Waals surface area contributed by atoms with Crippen molar-refractivity contribution in [3.8, 4) is 0 Å². The third-order valence-corrected chi connectivity index (χ3v) is 2.14. The van der Waals surface area contributed by atoms with E-state index < -0.39 is 0 Å². The molecule has 0 aromatic rings. The number of halogens is 1. The molecule has 1 fully saturated rings. The highest BCUT2D eigenvalue weighted by Gasteiger charge is 2.22. The molecule has 1 atom stereocenters. The summed E-state index contributed by atoms with van der Waals surface area (Å²) in [6.45, 7) is 0.599. The molecular formula is C7H15ClN2O. The Morgan fingerprint density at radius 1 is 1.73 bits per heavy atom. The van der Waals surface area contributed by atoms with Crippen molar-refractivity contribution in [3.05, 3.63) is 0 Å². The van der Waals surface area contributed by atoms with E-state index in [-0.39, 0.29) is 18.3 Å². The summed E-state index contributed by atoms with van der Waals surface area (Å²) in [5.41, 5.74) is 5.46. The molecule has 0 aromatic carbocycles. The minimum absolute atomic E-state index is 0. The van der Waals surface area contributed by atoms with Crippen molar-refractivity contribution < 1.29 is 4.79 Å². The molecule has 0 aromatic heterocycles. The number of piperidine rings is 1. The van der Waals surface area contributed by atoms with Crippen molar-refractivity contribution in [2.75, 3.05) is 13.6 Å². The van der Waals surface area contributed by atoms with Crippen LogP contribution in [0.5, 0.6) is 0 Å². The Bertz CT molecular complexity index is 140. The van der Waals surface area contributed by atoms with E-state index >= 15 is 0 Å². The van der Waals surface area contributed by atoms with Crippen LogP contribution in [-0.4, -0.2) is 30.4 Å². The topological polar surface area (TPSA) is 46.3 Å². The van der Waals surface area contributed by atoms with Crippen LogP contribution in [0, 0.1) is 0 Å². The van der Waals surface area contributed by atoms with Crippen LogP contribution >= 0.6 is 12.4 Å². The lowest BCUT2D eigenvalue weighted by molar-refractivity contribution is -0.134. The fourth-order valence-corrected chi connectivity index (χ4v) is 1.34. The second-order valence-electron chi connectivity index (χ2n) is 2.79. The lowest BCUT2D eigenvalue weighted by atomic mass is 10.0. The van der Waals surface area contributed by atoms with Crippen LogP contribution in [-0.2, 0) is 4.79 Å². The Hall–Kier alpha value is -0.280. The highest BCUT2D eigenvalue weighted by molar-refractivity contribution is 5.85. The third-order valence-electron chi connectivity index (χ3n) is 2.14. The van der Waals surface area contributed by atoms with Crippen LogP contribution in [0.2, 0.25) is 0 Å². The lowest BCUT2D eigenvalue weighted by Crippen LogP contribution is -2.44. The molecule has 0 unspecified atom stereocenters. The van der Waals surface area contributed by atoms with Gasteiger partial charge in [-0.1, -0.05) is 0 Å². The van der Waals surface area contributed by atoms with E-state index in [2.05, 4.69) is 0 Å². The number of hydrogen-bond donors (Lipinski definition) is 1. The first-order chi connectivity index (χ1) is 4.75. The third kappa shape index (κ3) is 2.34. The van der Waals surface area contributed by atoms with E-state index in [0.29, 0.717) is 19.0 Å². The number of carbonyl (C=O) groups excluding carboxylic acids is 1. The number of hydrogen-bond acceptors (Lipinski definition) is 2. The minimum atomic E-state index is 0. The average molecular weight is 179 g/mol. The first-order valence-electron chi connectivity index (χ1n) is 3.71. The molecule has 1 heterocycles. The first-order valence-corrected chi connectivity index (χ1v) is 3.71. The molecule has 1 aliphatic rings. The fourth-order valence-electron chi connectivity index (χ4n) is 1.34. The van der Waals surface area contributed by atoms with Crippen LogP contribution in [0.4, 0.5) is 0 Å². The molecule has 1 saturated heterocycles. The molecule has 11 heavy (non-hydrogen) atoms. The molecule has 4 heteroatoms. The van der Waals surface area contributed by atoms with Gasteiger partial charge in [0.2, 0.25) is 5.91 Å². The summed E-state index contributed by atoms with van der Waals surface area (Å²) >= 11 is 0. The molecule has 0 saturated carbocycles. The molecule has 0 spiro atoms. The lowest BCUT2D eigenvalue weighted by Gasteiger charge is -2.31. The Morgan fingerprint density at radius 2 is 2.36 bits per heavy atom. The Kier molecular flexibility index (Phi) is 4.45. The number of likely N-dealkylation sites (N-methyl/N-ethyl adjacent to an activating group) is 1. The van der Waals surface area contributed by atoms with Crippen molar-refractivity contribution in [1.82, 2.24) is 4.90 Å². The first kappa shape index (κ1) is 10.7. The number of amides is 1. The summed E-state index contributed by atoms with van der Waals surface area (Å²) in [6.07, 6.45) is 2.77. The van der Waals surface area contributed by atoms with Gasteiger partial charge in [-0.25, -0.2) is 0 Å². The van der Waals surface area contributed by atoms with Crippen LogP contribution in [0.25, 0.3) is 0 Å². The maximum atomic E-state index is 11.0. The van der Waals surface area contributed by atoms with Gasteiger partial charge in [0.1, 0.15) is 0 Å². The highest BCUT2D eigenvalue weighted by atomic mass is 35.5. The van der Waals surface area contributed by atoms with Gasteiger partial charge in [-0.2, -0.15) is 0 Å². The Morgan fingerprint density at radius 3 is 2.82 bits per heavy atom. The fraction of sp³-hybridized carbons (Fsp3) is 0.857. The van der Waals surface area contributed by atoms with E-state index in [9.17, 15) is 4.79 Å². The summed E-state index contributed by atoms with van der Waals surface area (Å²) in [7, 11) is 1.83. The van der Waals surface area contributed by atoms with Crippen molar-refractivity contribution in [3.63, 3.8) is 0 Å². The number of rotatable bonds is 1. The molecule has 2 N–H and O–H groups in total. The second kappa shape index (κ2) is 4.57. The largest absolute Gasteiger partial charge is 0.342 e. The molecular weight excluding hydrogens is 164 g/mol. The summed E-state index contributed by atoms with van der Waals surface area (Å²) in [6, 6.07) is 0.293. The van der Waals surface area contributed by atoms with Crippen molar-refractivity contribution >= 4 is 18.3 Å². The van der Waals surface area contributed by atoms with Gasteiger partial charge in [-0.05, 0) is 12.8 Å². The quantitative estimate of drug-likeness (QED) is 0.631. The average Bonchev–Trinajstić information content (AvgIpc) is 1.95. The van der Waals surface area contributed by atoms with Gasteiger partial charge in [-0.15, -0.1) is 12.4 Å². The Balaban J connectivity index is 0.000001000. The summed E-state index contributed by atoms with van der Waals surface area (Å²) in [5, 5.41) is 0. The monoisotopic (exact) mass is 178 g/mol. The van der Waals surface area contributed by atoms with Gasteiger partial charge in [0.05, 0.1) is 0 Å². The van der Waals surface area contributed by atoms with Gasteiger partial charge in [0, 0.05) is 26.1 Å². The van der Waals surface area contributed by atoms with Gasteiger partial charge in [-0.3, -0.25) is 4.79 Å². The molecule has 1 rings (SSSR count).